The van der Waals surface area contributed by atoms with Crippen molar-refractivity contribution < 1.29 is 14.3 Å². The average Bonchev–Trinajstić information content (AvgIpc) is 2.01. The molecule has 2 amide bonds. The smallest absolute Gasteiger partial charge is 0.241 e. The van der Waals surface area contributed by atoms with Gasteiger partial charge >= 0.3 is 0 Å². The highest BCUT2D eigenvalue weighted by Gasteiger charge is 1.84. The van der Waals surface area contributed by atoms with E-state index in [1.807, 2.05) is 0 Å². The van der Waals surface area contributed by atoms with Gasteiger partial charge in [-0.25, -0.2) is 0 Å². The number of carbonyl (C=O) groups is 2. The molecule has 0 rings (SSSR count). The van der Waals surface area contributed by atoms with E-state index in [1.54, 1.807) is 0 Å². The standard InChI is InChI=1S/C8H12N2O3/c9-7(11)3-1-5-13-6-2-4-8(10)12/h1-4H,5-6H2,(H2,9,11)(H2,10,12). The summed E-state index contributed by atoms with van der Waals surface area (Å²) >= 11 is 0. The van der Waals surface area contributed by atoms with E-state index in [9.17, 15) is 9.59 Å². The molecule has 0 spiro atoms. The minimum atomic E-state index is -0.517. The molecule has 0 atom stereocenters. The Balaban J connectivity index is 3.36. The van der Waals surface area contributed by atoms with Crippen LogP contribution in [0.5, 0.6) is 0 Å². The monoisotopic (exact) mass is 184 g/mol. The van der Waals surface area contributed by atoms with Crippen molar-refractivity contribution in [3.63, 3.8) is 0 Å². The van der Waals surface area contributed by atoms with Crippen molar-refractivity contribution in [1.29, 1.82) is 0 Å². The number of rotatable bonds is 6. The van der Waals surface area contributed by atoms with E-state index in [1.165, 1.54) is 24.3 Å². The minimum absolute atomic E-state index is 0.270. The van der Waals surface area contributed by atoms with Gasteiger partial charge in [-0.15, -0.1) is 0 Å². The largest absolute Gasteiger partial charge is 0.373 e. The maximum absolute atomic E-state index is 10.2. The van der Waals surface area contributed by atoms with Crippen molar-refractivity contribution in [2.75, 3.05) is 13.2 Å². The molecule has 0 fully saturated rings. The number of nitrogens with two attached hydrogens (primary N) is 2. The first kappa shape index (κ1) is 11.4. The van der Waals surface area contributed by atoms with Crippen molar-refractivity contribution in [1.82, 2.24) is 0 Å². The molecule has 0 saturated heterocycles. The second kappa shape index (κ2) is 7.05. The van der Waals surface area contributed by atoms with Gasteiger partial charge in [0.1, 0.15) is 0 Å². The van der Waals surface area contributed by atoms with Crippen LogP contribution in [0.4, 0.5) is 0 Å². The Morgan fingerprint density at radius 2 is 1.38 bits per heavy atom. The summed E-state index contributed by atoms with van der Waals surface area (Å²) in [4.78, 5) is 20.4. The van der Waals surface area contributed by atoms with E-state index in [0.29, 0.717) is 0 Å². The quantitative estimate of drug-likeness (QED) is 0.413. The number of hydrogen-bond acceptors (Lipinski definition) is 3. The molecular formula is C8H12N2O3. The lowest BCUT2D eigenvalue weighted by molar-refractivity contribution is -0.114. The van der Waals surface area contributed by atoms with Gasteiger partial charge in [0.25, 0.3) is 0 Å². The fourth-order valence-electron chi connectivity index (χ4n) is 0.533. The summed E-state index contributed by atoms with van der Waals surface area (Å²) in [6.45, 7) is 0.540. The number of carbonyl (C=O) groups excluding carboxylic acids is 2. The lowest BCUT2D eigenvalue weighted by Gasteiger charge is -1.92. The molecule has 0 aromatic heterocycles. The summed E-state index contributed by atoms with van der Waals surface area (Å²) in [5.74, 6) is -1.03. The van der Waals surface area contributed by atoms with Gasteiger partial charge in [0.05, 0.1) is 13.2 Å². The van der Waals surface area contributed by atoms with Gasteiger partial charge in [-0.05, 0) is 0 Å². The van der Waals surface area contributed by atoms with Crippen LogP contribution in [-0.2, 0) is 14.3 Å². The first-order chi connectivity index (χ1) is 6.13. The Kier molecular flexibility index (Phi) is 6.17. The van der Waals surface area contributed by atoms with E-state index in [0.717, 1.165) is 0 Å². The summed E-state index contributed by atoms with van der Waals surface area (Å²) < 4.78 is 4.95. The highest BCUT2D eigenvalue weighted by molar-refractivity contribution is 5.86. The van der Waals surface area contributed by atoms with E-state index >= 15 is 0 Å². The van der Waals surface area contributed by atoms with Gasteiger partial charge < -0.3 is 16.2 Å². The van der Waals surface area contributed by atoms with Crippen molar-refractivity contribution in [2.24, 2.45) is 11.5 Å². The Bertz CT molecular complexity index is 210. The molecule has 5 nitrogen and oxygen atoms in total. The lowest BCUT2D eigenvalue weighted by Crippen LogP contribution is -2.06. The summed E-state index contributed by atoms with van der Waals surface area (Å²) in [7, 11) is 0. The topological polar surface area (TPSA) is 95.4 Å². The Morgan fingerprint density at radius 3 is 1.69 bits per heavy atom. The van der Waals surface area contributed by atoms with Crippen LogP contribution in [0.15, 0.2) is 24.3 Å². The molecule has 0 bridgehead atoms. The average molecular weight is 184 g/mol. The summed E-state index contributed by atoms with van der Waals surface area (Å²) in [6, 6.07) is 0. The van der Waals surface area contributed by atoms with Gasteiger partial charge in [0.15, 0.2) is 0 Å². The molecule has 0 aromatic carbocycles. The maximum Gasteiger partial charge on any atom is 0.241 e. The van der Waals surface area contributed by atoms with Crippen molar-refractivity contribution in [3.05, 3.63) is 24.3 Å². The van der Waals surface area contributed by atoms with E-state index in [2.05, 4.69) is 0 Å². The molecule has 0 aliphatic rings. The second-order valence-electron chi connectivity index (χ2n) is 2.15. The predicted octanol–water partition coefficient (Wildman–Crippen LogP) is -0.914. The first-order valence-electron chi connectivity index (χ1n) is 3.62. The van der Waals surface area contributed by atoms with Crippen LogP contribution in [0.2, 0.25) is 0 Å². The first-order valence-corrected chi connectivity index (χ1v) is 3.62. The third kappa shape index (κ3) is 10.4. The van der Waals surface area contributed by atoms with Crippen LogP contribution in [0, 0.1) is 0 Å². The Hall–Kier alpha value is -1.62. The summed E-state index contributed by atoms with van der Waals surface area (Å²) in [6.07, 6.45) is 5.39. The van der Waals surface area contributed by atoms with Crippen LogP contribution >= 0.6 is 0 Å². The Labute approximate surface area is 76.0 Å². The van der Waals surface area contributed by atoms with Crippen LogP contribution in [0.25, 0.3) is 0 Å². The molecule has 4 N–H and O–H groups in total. The van der Waals surface area contributed by atoms with Crippen LogP contribution in [0.1, 0.15) is 0 Å². The van der Waals surface area contributed by atoms with Crippen LogP contribution in [0.3, 0.4) is 0 Å². The van der Waals surface area contributed by atoms with E-state index in [4.69, 9.17) is 16.2 Å². The van der Waals surface area contributed by atoms with Gasteiger partial charge in [-0.1, -0.05) is 12.2 Å². The summed E-state index contributed by atoms with van der Waals surface area (Å²) in [5, 5.41) is 0. The molecule has 13 heavy (non-hydrogen) atoms. The molecule has 5 heteroatoms. The summed E-state index contributed by atoms with van der Waals surface area (Å²) in [5.41, 5.74) is 9.63. The van der Waals surface area contributed by atoms with Gasteiger partial charge in [-0.2, -0.15) is 0 Å². The number of primary amides is 2. The molecular weight excluding hydrogens is 172 g/mol. The number of ether oxygens (including phenoxy) is 1. The van der Waals surface area contributed by atoms with Gasteiger partial charge in [0, 0.05) is 12.2 Å². The highest BCUT2D eigenvalue weighted by atomic mass is 16.5. The lowest BCUT2D eigenvalue weighted by atomic mass is 10.5. The molecule has 0 radical (unpaired) electrons. The minimum Gasteiger partial charge on any atom is -0.373 e. The maximum atomic E-state index is 10.2. The van der Waals surface area contributed by atoms with Gasteiger partial charge in [0.2, 0.25) is 11.8 Å². The third-order valence-corrected chi connectivity index (χ3v) is 0.992. The van der Waals surface area contributed by atoms with Crippen molar-refractivity contribution in [2.45, 2.75) is 0 Å². The van der Waals surface area contributed by atoms with Crippen LogP contribution in [-0.4, -0.2) is 25.0 Å². The van der Waals surface area contributed by atoms with Crippen molar-refractivity contribution >= 4 is 11.8 Å². The molecule has 72 valence electrons. The van der Waals surface area contributed by atoms with Gasteiger partial charge in [-0.3, -0.25) is 9.59 Å². The number of amides is 2. The normalized spacial score (nSPS) is 11.1. The zero-order valence-corrected chi connectivity index (χ0v) is 7.10. The zero-order chi connectivity index (χ0) is 10.1. The molecule has 0 aromatic rings. The predicted molar refractivity (Wildman–Crippen MR) is 47.5 cm³/mol. The fourth-order valence-corrected chi connectivity index (χ4v) is 0.533. The molecule has 0 heterocycles. The highest BCUT2D eigenvalue weighted by Crippen LogP contribution is 1.79. The third-order valence-electron chi connectivity index (χ3n) is 0.992. The fraction of sp³-hybridized carbons (Fsp3) is 0.250. The SMILES string of the molecule is NC(=O)C=CCOCC=CC(N)=O. The number of hydrogen-bond donors (Lipinski definition) is 2. The molecule has 0 aliphatic carbocycles. The van der Waals surface area contributed by atoms with Crippen LogP contribution < -0.4 is 11.5 Å². The van der Waals surface area contributed by atoms with E-state index < -0.39 is 11.8 Å². The van der Waals surface area contributed by atoms with Crippen molar-refractivity contribution in [3.8, 4) is 0 Å². The zero-order valence-electron chi connectivity index (χ0n) is 7.10. The molecule has 0 unspecified atom stereocenters. The molecule has 0 aliphatic heterocycles. The Morgan fingerprint density at radius 1 is 1.00 bits per heavy atom. The second-order valence-corrected chi connectivity index (χ2v) is 2.15. The van der Waals surface area contributed by atoms with E-state index in [-0.39, 0.29) is 13.2 Å². The molecule has 0 saturated carbocycles.